The average molecular weight is 231 g/mol. The van der Waals surface area contributed by atoms with Crippen LogP contribution in [-0.4, -0.2) is 24.3 Å². The van der Waals surface area contributed by atoms with E-state index >= 15 is 0 Å². The molecule has 0 bridgehead atoms. The van der Waals surface area contributed by atoms with Gasteiger partial charge in [0.1, 0.15) is 6.61 Å². The number of hydrogen-bond donors (Lipinski definition) is 0. The lowest BCUT2D eigenvalue weighted by atomic mass is 10.1. The summed E-state index contributed by atoms with van der Waals surface area (Å²) in [5, 5.41) is 0. The fourth-order valence-corrected chi connectivity index (χ4v) is 2.02. The Morgan fingerprint density at radius 1 is 1.41 bits per heavy atom. The Morgan fingerprint density at radius 2 is 2.18 bits per heavy atom. The van der Waals surface area contributed by atoms with E-state index in [0.29, 0.717) is 6.61 Å². The van der Waals surface area contributed by atoms with Gasteiger partial charge in [0.25, 0.3) is 0 Å². The summed E-state index contributed by atoms with van der Waals surface area (Å²) in [5.74, 6) is -0.225. The monoisotopic (exact) mass is 231 g/mol. The van der Waals surface area contributed by atoms with Crippen LogP contribution >= 0.6 is 0 Å². The van der Waals surface area contributed by atoms with E-state index in [1.165, 1.54) is 18.2 Å². The first kappa shape index (κ1) is 11.8. The standard InChI is InChI=1S/C14H17NO2/c1-11(16)17-10-14-8-7-13(15-14)9-12-5-3-2-4-6-12/h2-6,14H,7-10H2,1H3. The molecule has 0 N–H and O–H groups in total. The Balaban J connectivity index is 1.87. The zero-order valence-electron chi connectivity index (χ0n) is 10.1. The zero-order valence-corrected chi connectivity index (χ0v) is 10.1. The van der Waals surface area contributed by atoms with Gasteiger partial charge in [-0.15, -0.1) is 0 Å². The highest BCUT2D eigenvalue weighted by atomic mass is 16.5. The Morgan fingerprint density at radius 3 is 2.88 bits per heavy atom. The summed E-state index contributed by atoms with van der Waals surface area (Å²) >= 11 is 0. The highest BCUT2D eigenvalue weighted by Gasteiger charge is 2.18. The van der Waals surface area contributed by atoms with E-state index in [1.54, 1.807) is 0 Å². The number of ether oxygens (including phenoxy) is 1. The van der Waals surface area contributed by atoms with Crippen LogP contribution in [0.1, 0.15) is 25.3 Å². The van der Waals surface area contributed by atoms with Crippen molar-refractivity contribution in [1.82, 2.24) is 0 Å². The van der Waals surface area contributed by atoms with Crippen molar-refractivity contribution in [3.8, 4) is 0 Å². The summed E-state index contributed by atoms with van der Waals surface area (Å²) in [7, 11) is 0. The van der Waals surface area contributed by atoms with Crippen molar-refractivity contribution in [2.45, 2.75) is 32.2 Å². The number of esters is 1. The van der Waals surface area contributed by atoms with Crippen molar-refractivity contribution in [2.75, 3.05) is 6.61 Å². The number of rotatable bonds is 4. The van der Waals surface area contributed by atoms with Crippen LogP contribution in [0.4, 0.5) is 0 Å². The van der Waals surface area contributed by atoms with Crippen LogP contribution in [0.25, 0.3) is 0 Å². The molecule has 2 rings (SSSR count). The number of carbonyl (C=O) groups excluding carboxylic acids is 1. The summed E-state index contributed by atoms with van der Waals surface area (Å²) in [6, 6.07) is 10.5. The summed E-state index contributed by atoms with van der Waals surface area (Å²) in [5.41, 5.74) is 2.51. The van der Waals surface area contributed by atoms with Gasteiger partial charge in [-0.2, -0.15) is 0 Å². The third-order valence-electron chi connectivity index (χ3n) is 2.86. The maximum atomic E-state index is 10.7. The second-order valence-corrected chi connectivity index (χ2v) is 4.35. The summed E-state index contributed by atoms with van der Waals surface area (Å²) < 4.78 is 4.98. The van der Waals surface area contributed by atoms with Gasteiger partial charge in [-0.1, -0.05) is 30.3 Å². The normalized spacial score (nSPS) is 18.9. The van der Waals surface area contributed by atoms with Crippen LogP contribution in [0.15, 0.2) is 35.3 Å². The second kappa shape index (κ2) is 5.62. The minimum absolute atomic E-state index is 0.164. The van der Waals surface area contributed by atoms with E-state index in [2.05, 4.69) is 17.1 Å². The smallest absolute Gasteiger partial charge is 0.302 e. The molecule has 1 unspecified atom stereocenters. The average Bonchev–Trinajstić information content (AvgIpc) is 2.75. The van der Waals surface area contributed by atoms with Crippen molar-refractivity contribution >= 4 is 11.7 Å². The summed E-state index contributed by atoms with van der Waals surface area (Å²) in [6.45, 7) is 1.86. The number of benzene rings is 1. The third-order valence-corrected chi connectivity index (χ3v) is 2.86. The molecule has 1 aromatic carbocycles. The van der Waals surface area contributed by atoms with E-state index in [0.717, 1.165) is 19.3 Å². The molecule has 1 heterocycles. The Kier molecular flexibility index (Phi) is 3.91. The van der Waals surface area contributed by atoms with Crippen LogP contribution in [0, 0.1) is 0 Å². The highest BCUT2D eigenvalue weighted by Crippen LogP contribution is 2.16. The highest BCUT2D eigenvalue weighted by molar-refractivity contribution is 5.88. The SMILES string of the molecule is CC(=O)OCC1CCC(Cc2ccccc2)=N1. The number of aliphatic imine (C=N–C) groups is 1. The largest absolute Gasteiger partial charge is 0.464 e. The van der Waals surface area contributed by atoms with Crippen molar-refractivity contribution in [3.05, 3.63) is 35.9 Å². The Labute approximate surface area is 102 Å². The van der Waals surface area contributed by atoms with Gasteiger partial charge in [-0.3, -0.25) is 9.79 Å². The van der Waals surface area contributed by atoms with Crippen molar-refractivity contribution < 1.29 is 9.53 Å². The third kappa shape index (κ3) is 3.70. The first-order valence-corrected chi connectivity index (χ1v) is 5.97. The van der Waals surface area contributed by atoms with Crippen molar-refractivity contribution in [1.29, 1.82) is 0 Å². The minimum Gasteiger partial charge on any atom is -0.464 e. The zero-order chi connectivity index (χ0) is 12.1. The van der Waals surface area contributed by atoms with Gasteiger partial charge in [0, 0.05) is 19.1 Å². The fraction of sp³-hybridized carbons (Fsp3) is 0.429. The van der Waals surface area contributed by atoms with Crippen LogP contribution in [-0.2, 0) is 16.0 Å². The molecule has 0 saturated heterocycles. The van der Waals surface area contributed by atoms with E-state index < -0.39 is 0 Å². The fourth-order valence-electron chi connectivity index (χ4n) is 2.02. The van der Waals surface area contributed by atoms with Crippen LogP contribution < -0.4 is 0 Å². The maximum absolute atomic E-state index is 10.7. The molecule has 1 atom stereocenters. The van der Waals surface area contributed by atoms with Gasteiger partial charge in [0.15, 0.2) is 0 Å². The van der Waals surface area contributed by atoms with Gasteiger partial charge in [-0.05, 0) is 18.4 Å². The topological polar surface area (TPSA) is 38.7 Å². The van der Waals surface area contributed by atoms with Gasteiger partial charge < -0.3 is 4.74 Å². The molecule has 0 amide bonds. The quantitative estimate of drug-likeness (QED) is 0.746. The molecular weight excluding hydrogens is 214 g/mol. The van der Waals surface area contributed by atoms with Crippen LogP contribution in [0.2, 0.25) is 0 Å². The molecule has 0 spiro atoms. The van der Waals surface area contributed by atoms with E-state index in [1.807, 2.05) is 18.2 Å². The molecule has 0 saturated carbocycles. The van der Waals surface area contributed by atoms with E-state index in [9.17, 15) is 4.79 Å². The number of carbonyl (C=O) groups is 1. The van der Waals surface area contributed by atoms with Gasteiger partial charge in [0.2, 0.25) is 0 Å². The second-order valence-electron chi connectivity index (χ2n) is 4.35. The first-order valence-electron chi connectivity index (χ1n) is 5.97. The van der Waals surface area contributed by atoms with Crippen molar-refractivity contribution in [3.63, 3.8) is 0 Å². The minimum atomic E-state index is -0.225. The molecule has 90 valence electrons. The molecule has 3 heteroatoms. The number of nitrogens with zero attached hydrogens (tertiary/aromatic N) is 1. The van der Waals surface area contributed by atoms with Gasteiger partial charge >= 0.3 is 5.97 Å². The molecule has 0 fully saturated rings. The maximum Gasteiger partial charge on any atom is 0.302 e. The molecule has 1 aliphatic heterocycles. The lowest BCUT2D eigenvalue weighted by Crippen LogP contribution is -2.12. The molecule has 3 nitrogen and oxygen atoms in total. The molecular formula is C14H17NO2. The molecule has 0 aliphatic carbocycles. The lowest BCUT2D eigenvalue weighted by molar-refractivity contribution is -0.141. The van der Waals surface area contributed by atoms with Crippen molar-refractivity contribution in [2.24, 2.45) is 4.99 Å². The van der Waals surface area contributed by atoms with E-state index in [-0.39, 0.29) is 12.0 Å². The molecule has 0 aromatic heterocycles. The molecule has 0 radical (unpaired) electrons. The molecule has 1 aliphatic rings. The molecule has 1 aromatic rings. The predicted octanol–water partition coefficient (Wildman–Crippen LogP) is 2.40. The summed E-state index contributed by atoms with van der Waals surface area (Å²) in [4.78, 5) is 15.3. The lowest BCUT2D eigenvalue weighted by Gasteiger charge is -2.05. The van der Waals surface area contributed by atoms with E-state index in [4.69, 9.17) is 4.74 Å². The Hall–Kier alpha value is -1.64. The number of hydrogen-bond acceptors (Lipinski definition) is 3. The molecule has 17 heavy (non-hydrogen) atoms. The Bertz CT molecular complexity index is 411. The van der Waals surface area contributed by atoms with Gasteiger partial charge in [0.05, 0.1) is 6.04 Å². The first-order chi connectivity index (χ1) is 8.24. The summed E-state index contributed by atoms with van der Waals surface area (Å²) in [6.07, 6.45) is 2.92. The van der Waals surface area contributed by atoms with Crippen LogP contribution in [0.3, 0.4) is 0 Å². The van der Waals surface area contributed by atoms with Crippen LogP contribution in [0.5, 0.6) is 0 Å². The van der Waals surface area contributed by atoms with Gasteiger partial charge in [-0.25, -0.2) is 0 Å². The predicted molar refractivity (Wildman–Crippen MR) is 67.2 cm³/mol.